The molecule has 1 nitrogen and oxygen atoms in total. The first-order chi connectivity index (χ1) is 22.5. The Hall–Kier alpha value is -5.14. The van der Waals surface area contributed by atoms with Crippen LogP contribution in [0.3, 0.4) is 0 Å². The fraction of sp³-hybridized carbons (Fsp3) is 0.156. The molecule has 0 radical (unpaired) electrons. The highest BCUT2D eigenvalue weighted by atomic mass is 15.1. The quantitative estimate of drug-likeness (QED) is 0.166. The molecule has 0 unspecified atom stereocenters. The molecule has 0 amide bonds. The van der Waals surface area contributed by atoms with Gasteiger partial charge in [0.05, 0.1) is 5.69 Å². The molecule has 0 heterocycles. The molecule has 8 rings (SSSR count). The lowest BCUT2D eigenvalue weighted by molar-refractivity contribution is 0.658. The van der Waals surface area contributed by atoms with Crippen LogP contribution in [0.25, 0.3) is 43.8 Å². The van der Waals surface area contributed by atoms with Crippen molar-refractivity contribution in [1.82, 2.24) is 0 Å². The average molecular weight is 594 g/mol. The molecule has 1 heteroatoms. The number of hydrogen-bond donors (Lipinski definition) is 0. The molecular weight excluding hydrogens is 555 g/mol. The van der Waals surface area contributed by atoms with Crippen molar-refractivity contribution in [3.63, 3.8) is 0 Å². The molecule has 224 valence electrons. The zero-order valence-corrected chi connectivity index (χ0v) is 26.9. The molecular formula is C45H39N. The molecule has 1 aliphatic carbocycles. The second kappa shape index (κ2) is 11.3. The fourth-order valence-corrected chi connectivity index (χ4v) is 7.53. The summed E-state index contributed by atoms with van der Waals surface area (Å²) in [7, 11) is 0. The van der Waals surface area contributed by atoms with Gasteiger partial charge >= 0.3 is 0 Å². The number of anilines is 3. The minimum atomic E-state index is -0.0861. The maximum Gasteiger partial charge on any atom is 0.0546 e. The Morgan fingerprint density at radius 3 is 1.89 bits per heavy atom. The van der Waals surface area contributed by atoms with Crippen molar-refractivity contribution in [2.45, 2.75) is 45.4 Å². The summed E-state index contributed by atoms with van der Waals surface area (Å²) >= 11 is 0. The molecule has 0 aromatic heterocycles. The van der Waals surface area contributed by atoms with Crippen molar-refractivity contribution in [1.29, 1.82) is 0 Å². The van der Waals surface area contributed by atoms with E-state index in [9.17, 15) is 0 Å². The summed E-state index contributed by atoms with van der Waals surface area (Å²) < 4.78 is 0. The summed E-state index contributed by atoms with van der Waals surface area (Å²) in [5.74, 6) is 0. The topological polar surface area (TPSA) is 3.24 Å². The number of aryl methyl sites for hydroxylation is 1. The van der Waals surface area contributed by atoms with Crippen molar-refractivity contribution >= 4 is 38.6 Å². The number of nitrogens with zero attached hydrogens (tertiary/aromatic N) is 1. The van der Waals surface area contributed by atoms with Crippen LogP contribution in [0.4, 0.5) is 17.1 Å². The van der Waals surface area contributed by atoms with E-state index in [-0.39, 0.29) is 5.41 Å². The molecule has 0 N–H and O–H groups in total. The van der Waals surface area contributed by atoms with E-state index >= 15 is 0 Å². The van der Waals surface area contributed by atoms with Crippen LogP contribution < -0.4 is 4.90 Å². The fourth-order valence-electron chi connectivity index (χ4n) is 7.53. The Balaban J connectivity index is 1.32. The Labute approximate surface area is 272 Å². The van der Waals surface area contributed by atoms with E-state index in [4.69, 9.17) is 0 Å². The first-order valence-electron chi connectivity index (χ1n) is 16.7. The molecule has 46 heavy (non-hydrogen) atoms. The predicted octanol–water partition coefficient (Wildman–Crippen LogP) is 12.8. The lowest BCUT2D eigenvalue weighted by Gasteiger charge is -2.29. The SMILES string of the molecule is CCCCc1ccc2c(c1)C(C)(C)c1cc(N(c3ccc(-c4ccccc4)cc3)c3cc4ccccc4c4ccccc34)ccc1-2. The van der Waals surface area contributed by atoms with E-state index in [0.717, 1.165) is 12.1 Å². The van der Waals surface area contributed by atoms with E-state index in [1.807, 2.05) is 0 Å². The summed E-state index contributed by atoms with van der Waals surface area (Å²) in [4.78, 5) is 2.47. The Morgan fingerprint density at radius 1 is 0.522 bits per heavy atom. The highest BCUT2D eigenvalue weighted by molar-refractivity contribution is 6.14. The largest absolute Gasteiger partial charge is 0.310 e. The van der Waals surface area contributed by atoms with Crippen molar-refractivity contribution in [3.05, 3.63) is 162 Å². The highest BCUT2D eigenvalue weighted by Gasteiger charge is 2.36. The van der Waals surface area contributed by atoms with Gasteiger partial charge in [0.2, 0.25) is 0 Å². The van der Waals surface area contributed by atoms with Gasteiger partial charge in [0.1, 0.15) is 0 Å². The van der Waals surface area contributed by atoms with Gasteiger partial charge in [-0.1, -0.05) is 142 Å². The number of rotatable bonds is 7. The van der Waals surface area contributed by atoms with E-state index < -0.39 is 0 Å². The van der Waals surface area contributed by atoms with Crippen LogP contribution in [0.5, 0.6) is 0 Å². The molecule has 1 aliphatic rings. The minimum Gasteiger partial charge on any atom is -0.310 e. The second-order valence-electron chi connectivity index (χ2n) is 13.2. The first-order valence-corrected chi connectivity index (χ1v) is 16.7. The van der Waals surface area contributed by atoms with Crippen LogP contribution in [0.2, 0.25) is 0 Å². The van der Waals surface area contributed by atoms with Crippen LogP contribution in [-0.2, 0) is 11.8 Å². The van der Waals surface area contributed by atoms with Crippen molar-refractivity contribution in [2.24, 2.45) is 0 Å². The summed E-state index contributed by atoms with van der Waals surface area (Å²) in [5, 5.41) is 5.05. The smallest absolute Gasteiger partial charge is 0.0546 e. The van der Waals surface area contributed by atoms with Gasteiger partial charge in [-0.2, -0.15) is 0 Å². The molecule has 7 aromatic carbocycles. The van der Waals surface area contributed by atoms with Gasteiger partial charge in [0.25, 0.3) is 0 Å². The Bertz CT molecular complexity index is 2210. The summed E-state index contributed by atoms with van der Waals surface area (Å²) in [6.07, 6.45) is 3.59. The molecule has 7 aromatic rings. The van der Waals surface area contributed by atoms with Crippen LogP contribution >= 0.6 is 0 Å². The van der Waals surface area contributed by atoms with Gasteiger partial charge < -0.3 is 4.90 Å². The lowest BCUT2D eigenvalue weighted by atomic mass is 9.81. The molecule has 0 saturated heterocycles. The lowest BCUT2D eigenvalue weighted by Crippen LogP contribution is -2.17. The summed E-state index contributed by atoms with van der Waals surface area (Å²) in [6, 6.07) is 54.0. The average Bonchev–Trinajstić information content (AvgIpc) is 3.33. The molecule has 0 fully saturated rings. The Kier molecular flexibility index (Phi) is 6.99. The van der Waals surface area contributed by atoms with Gasteiger partial charge in [-0.25, -0.2) is 0 Å². The molecule has 0 aliphatic heterocycles. The van der Waals surface area contributed by atoms with E-state index in [0.29, 0.717) is 0 Å². The third-order valence-electron chi connectivity index (χ3n) is 10.0. The molecule has 0 spiro atoms. The van der Waals surface area contributed by atoms with Gasteiger partial charge in [-0.05, 0) is 98.3 Å². The zero-order chi connectivity index (χ0) is 31.3. The maximum absolute atomic E-state index is 2.47. The van der Waals surface area contributed by atoms with Gasteiger partial charge in [-0.3, -0.25) is 0 Å². The highest BCUT2D eigenvalue weighted by Crippen LogP contribution is 2.51. The monoisotopic (exact) mass is 593 g/mol. The normalized spacial score (nSPS) is 13.1. The molecule has 0 saturated carbocycles. The van der Waals surface area contributed by atoms with Gasteiger partial charge in [-0.15, -0.1) is 0 Å². The van der Waals surface area contributed by atoms with Crippen molar-refractivity contribution in [3.8, 4) is 22.3 Å². The van der Waals surface area contributed by atoms with Crippen molar-refractivity contribution < 1.29 is 0 Å². The van der Waals surface area contributed by atoms with Crippen LogP contribution in [0, 0.1) is 0 Å². The zero-order valence-electron chi connectivity index (χ0n) is 26.9. The predicted molar refractivity (Wildman–Crippen MR) is 198 cm³/mol. The minimum absolute atomic E-state index is 0.0861. The molecule has 0 bridgehead atoms. The van der Waals surface area contributed by atoms with E-state index in [1.165, 1.54) is 84.7 Å². The third-order valence-corrected chi connectivity index (χ3v) is 10.0. The second-order valence-corrected chi connectivity index (χ2v) is 13.2. The number of benzene rings is 7. The van der Waals surface area contributed by atoms with Gasteiger partial charge in [0.15, 0.2) is 0 Å². The standard InChI is InChI=1S/C45H39N/c1-4-5-13-31-20-26-39-40-27-25-36(30-43(40)45(2,3)42(39)28-31)46(35-23-21-33(22-24-35)32-14-7-6-8-15-32)44-29-34-16-9-10-17-37(34)38-18-11-12-19-41(38)44/h6-12,14-30H,4-5,13H2,1-3H3. The Morgan fingerprint density at radius 2 is 1.13 bits per heavy atom. The van der Waals surface area contributed by atoms with Crippen LogP contribution in [0.15, 0.2) is 146 Å². The first kappa shape index (κ1) is 28.3. The van der Waals surface area contributed by atoms with Gasteiger partial charge in [0, 0.05) is 22.2 Å². The maximum atomic E-state index is 2.47. The number of fused-ring (bicyclic) bond motifs is 6. The van der Waals surface area contributed by atoms with E-state index in [2.05, 4.69) is 171 Å². The van der Waals surface area contributed by atoms with Crippen LogP contribution in [-0.4, -0.2) is 0 Å². The third kappa shape index (κ3) is 4.70. The van der Waals surface area contributed by atoms with Crippen LogP contribution in [0.1, 0.15) is 50.3 Å². The number of unbranched alkanes of at least 4 members (excludes halogenated alkanes) is 1. The van der Waals surface area contributed by atoms with E-state index in [1.54, 1.807) is 0 Å². The molecule has 0 atom stereocenters. The van der Waals surface area contributed by atoms with Crippen molar-refractivity contribution in [2.75, 3.05) is 4.90 Å². The number of hydrogen-bond acceptors (Lipinski definition) is 1. The summed E-state index contributed by atoms with van der Waals surface area (Å²) in [5.41, 5.74) is 12.9. The summed E-state index contributed by atoms with van der Waals surface area (Å²) in [6.45, 7) is 7.07.